The van der Waals surface area contributed by atoms with E-state index in [1.807, 2.05) is 13.0 Å². The summed E-state index contributed by atoms with van der Waals surface area (Å²) in [6.07, 6.45) is 1.48. The third-order valence-corrected chi connectivity index (χ3v) is 4.31. The largest absolute Gasteiger partial charge is 0.468 e. The zero-order chi connectivity index (χ0) is 16.0. The molecule has 2 aromatic rings. The quantitative estimate of drug-likeness (QED) is 0.807. The number of carbonyl (C=O) groups excluding carboxylic acids is 1. The predicted octanol–water partition coefficient (Wildman–Crippen LogP) is 1.44. The topological polar surface area (TPSA) is 88.4 Å². The van der Waals surface area contributed by atoms with Crippen molar-refractivity contribution in [2.24, 2.45) is 0 Å². The Bertz CT molecular complexity index is 724. The first kappa shape index (κ1) is 16.3. The summed E-state index contributed by atoms with van der Waals surface area (Å²) >= 11 is 0. The highest BCUT2D eigenvalue weighted by Gasteiger charge is 2.12. The van der Waals surface area contributed by atoms with Crippen LogP contribution in [0, 0.1) is 6.92 Å². The normalized spacial score (nSPS) is 11.3. The second-order valence-electron chi connectivity index (χ2n) is 4.84. The third-order valence-electron chi connectivity index (χ3n) is 2.98. The maximum absolute atomic E-state index is 11.9. The molecule has 0 aliphatic rings. The van der Waals surface area contributed by atoms with Gasteiger partial charge < -0.3 is 9.73 Å². The summed E-state index contributed by atoms with van der Waals surface area (Å²) in [5.41, 5.74) is 1.49. The third kappa shape index (κ3) is 5.01. The molecular formula is C15H18N2O4S. The molecule has 0 radical (unpaired) electrons. The molecule has 7 heteroatoms. The molecule has 0 aliphatic heterocycles. The smallest absolute Gasteiger partial charge is 0.251 e. The molecule has 0 fully saturated rings. The fourth-order valence-corrected chi connectivity index (χ4v) is 2.73. The first-order chi connectivity index (χ1) is 10.5. The lowest BCUT2D eigenvalue weighted by Gasteiger charge is -2.07. The minimum absolute atomic E-state index is 0.0419. The van der Waals surface area contributed by atoms with Crippen LogP contribution in [0.4, 0.5) is 0 Å². The Kier molecular flexibility index (Phi) is 5.35. The van der Waals surface area contributed by atoms with Crippen molar-refractivity contribution in [3.63, 3.8) is 0 Å². The second kappa shape index (κ2) is 7.24. The maximum atomic E-state index is 11.9. The molecule has 1 amide bonds. The van der Waals surface area contributed by atoms with Crippen molar-refractivity contribution in [3.8, 4) is 0 Å². The van der Waals surface area contributed by atoms with Gasteiger partial charge in [-0.15, -0.1) is 0 Å². The molecule has 0 unspecified atom stereocenters. The van der Waals surface area contributed by atoms with E-state index >= 15 is 0 Å². The Balaban J connectivity index is 1.78. The molecule has 0 saturated heterocycles. The Morgan fingerprint density at radius 1 is 1.23 bits per heavy atom. The minimum atomic E-state index is -3.47. The van der Waals surface area contributed by atoms with Gasteiger partial charge in [-0.2, -0.15) is 0 Å². The van der Waals surface area contributed by atoms with Crippen molar-refractivity contribution in [3.05, 3.63) is 59.5 Å². The molecule has 0 atom stereocenters. The van der Waals surface area contributed by atoms with Gasteiger partial charge in [0.1, 0.15) is 5.76 Å². The van der Waals surface area contributed by atoms with Gasteiger partial charge in [-0.3, -0.25) is 4.79 Å². The van der Waals surface area contributed by atoms with Gasteiger partial charge in [0.15, 0.2) is 0 Å². The first-order valence-electron chi connectivity index (χ1n) is 6.81. The van der Waals surface area contributed by atoms with Crippen LogP contribution in [0.25, 0.3) is 0 Å². The number of benzene rings is 1. The Morgan fingerprint density at radius 2 is 2.05 bits per heavy atom. The van der Waals surface area contributed by atoms with Gasteiger partial charge in [-0.25, -0.2) is 13.1 Å². The summed E-state index contributed by atoms with van der Waals surface area (Å²) in [4.78, 5) is 11.9. The average molecular weight is 322 g/mol. The van der Waals surface area contributed by atoms with E-state index in [0.717, 1.165) is 5.56 Å². The molecule has 118 valence electrons. The maximum Gasteiger partial charge on any atom is 0.251 e. The minimum Gasteiger partial charge on any atom is -0.468 e. The van der Waals surface area contributed by atoms with E-state index in [4.69, 9.17) is 4.42 Å². The molecule has 1 heterocycles. The molecule has 2 N–H and O–H groups in total. The van der Waals surface area contributed by atoms with E-state index in [-0.39, 0.29) is 24.7 Å². The van der Waals surface area contributed by atoms with Gasteiger partial charge in [-0.1, -0.05) is 17.7 Å². The molecule has 2 rings (SSSR count). The van der Waals surface area contributed by atoms with Crippen molar-refractivity contribution in [2.75, 3.05) is 12.3 Å². The zero-order valence-electron chi connectivity index (χ0n) is 12.2. The number of furan rings is 1. The molecule has 1 aromatic carbocycles. The Morgan fingerprint density at radius 3 is 2.73 bits per heavy atom. The van der Waals surface area contributed by atoms with Crippen LogP contribution in [-0.2, 0) is 16.6 Å². The van der Waals surface area contributed by atoms with Gasteiger partial charge in [0, 0.05) is 12.1 Å². The molecule has 0 spiro atoms. The number of rotatable bonds is 7. The van der Waals surface area contributed by atoms with Crippen LogP contribution in [0.5, 0.6) is 0 Å². The number of amides is 1. The number of carbonyl (C=O) groups is 1. The molecule has 1 aromatic heterocycles. The van der Waals surface area contributed by atoms with E-state index in [1.54, 1.807) is 30.3 Å². The molecule has 22 heavy (non-hydrogen) atoms. The second-order valence-corrected chi connectivity index (χ2v) is 6.77. The van der Waals surface area contributed by atoms with E-state index in [1.165, 1.54) is 6.26 Å². The van der Waals surface area contributed by atoms with Crippen molar-refractivity contribution in [2.45, 2.75) is 13.5 Å². The fourth-order valence-electron chi connectivity index (χ4n) is 1.85. The molecule has 0 aliphatic carbocycles. The van der Waals surface area contributed by atoms with Crippen LogP contribution < -0.4 is 10.0 Å². The van der Waals surface area contributed by atoms with Crippen molar-refractivity contribution in [1.29, 1.82) is 0 Å². The highest BCUT2D eigenvalue weighted by molar-refractivity contribution is 7.89. The fraction of sp³-hybridized carbons (Fsp3) is 0.267. The van der Waals surface area contributed by atoms with Crippen molar-refractivity contribution < 1.29 is 17.6 Å². The van der Waals surface area contributed by atoms with Gasteiger partial charge in [-0.05, 0) is 31.2 Å². The van der Waals surface area contributed by atoms with Crippen LogP contribution in [0.3, 0.4) is 0 Å². The molecule has 0 bridgehead atoms. The standard InChI is InChI=1S/C15H18N2O4S/c1-12-4-2-5-13(10-12)15(18)16-7-9-22(19,20)17-11-14-6-3-8-21-14/h2-6,8,10,17H,7,9,11H2,1H3,(H,16,18). The van der Waals surface area contributed by atoms with Crippen LogP contribution in [0.15, 0.2) is 47.1 Å². The molecule has 6 nitrogen and oxygen atoms in total. The van der Waals surface area contributed by atoms with Crippen LogP contribution in [-0.4, -0.2) is 26.6 Å². The lowest BCUT2D eigenvalue weighted by atomic mass is 10.1. The van der Waals surface area contributed by atoms with E-state index in [0.29, 0.717) is 11.3 Å². The van der Waals surface area contributed by atoms with Crippen LogP contribution >= 0.6 is 0 Å². The average Bonchev–Trinajstić information content (AvgIpc) is 2.98. The Hall–Kier alpha value is -2.12. The monoisotopic (exact) mass is 322 g/mol. The summed E-state index contributed by atoms with van der Waals surface area (Å²) < 4.78 is 31.0. The predicted molar refractivity (Wildman–Crippen MR) is 82.8 cm³/mol. The highest BCUT2D eigenvalue weighted by Crippen LogP contribution is 2.03. The Labute approximate surface area is 129 Å². The van der Waals surface area contributed by atoms with Gasteiger partial charge in [0.05, 0.1) is 18.6 Å². The van der Waals surface area contributed by atoms with Gasteiger partial charge in [0.25, 0.3) is 5.91 Å². The molecule has 0 saturated carbocycles. The summed E-state index contributed by atoms with van der Waals surface area (Å²) in [5, 5.41) is 2.59. The van der Waals surface area contributed by atoms with Gasteiger partial charge >= 0.3 is 0 Å². The van der Waals surface area contributed by atoms with E-state index < -0.39 is 10.0 Å². The van der Waals surface area contributed by atoms with E-state index in [2.05, 4.69) is 10.0 Å². The van der Waals surface area contributed by atoms with E-state index in [9.17, 15) is 13.2 Å². The lowest BCUT2D eigenvalue weighted by molar-refractivity contribution is 0.0956. The van der Waals surface area contributed by atoms with Crippen molar-refractivity contribution >= 4 is 15.9 Å². The molecular weight excluding hydrogens is 304 g/mol. The zero-order valence-corrected chi connectivity index (χ0v) is 13.0. The summed E-state index contributed by atoms with van der Waals surface area (Å²) in [5.74, 6) is 0.0583. The lowest BCUT2D eigenvalue weighted by Crippen LogP contribution is -2.34. The van der Waals surface area contributed by atoms with Crippen LogP contribution in [0.1, 0.15) is 21.7 Å². The van der Waals surface area contributed by atoms with Crippen LogP contribution in [0.2, 0.25) is 0 Å². The summed E-state index contributed by atoms with van der Waals surface area (Å²) in [7, 11) is -3.47. The SMILES string of the molecule is Cc1cccc(C(=O)NCCS(=O)(=O)NCc2ccco2)c1. The number of hydrogen-bond acceptors (Lipinski definition) is 4. The number of hydrogen-bond donors (Lipinski definition) is 2. The first-order valence-corrected chi connectivity index (χ1v) is 8.46. The number of aryl methyl sites for hydroxylation is 1. The van der Waals surface area contributed by atoms with Crippen molar-refractivity contribution in [1.82, 2.24) is 10.0 Å². The number of nitrogens with one attached hydrogen (secondary N) is 2. The summed E-state index contributed by atoms with van der Waals surface area (Å²) in [6.45, 7) is 2.03. The number of sulfonamides is 1. The van der Waals surface area contributed by atoms with Gasteiger partial charge in [0.2, 0.25) is 10.0 Å². The highest BCUT2D eigenvalue weighted by atomic mass is 32.2. The summed E-state index contributed by atoms with van der Waals surface area (Å²) in [6, 6.07) is 10.5.